The minimum atomic E-state index is -4.17. The van der Waals surface area contributed by atoms with Crippen LogP contribution in [-0.4, -0.2) is 81.3 Å². The molecule has 1 aliphatic heterocycles. The Hall–Kier alpha value is -1.96. The second-order valence-corrected chi connectivity index (χ2v) is 7.18. The zero-order valence-corrected chi connectivity index (χ0v) is 17.0. The molecule has 8 heteroatoms. The highest BCUT2D eigenvalue weighted by atomic mass is 19.4. The average molecular weight is 400 g/mol. The molecule has 1 unspecified atom stereocenters. The Labute approximate surface area is 166 Å². The van der Waals surface area contributed by atoms with E-state index in [4.69, 9.17) is 0 Å². The lowest BCUT2D eigenvalue weighted by atomic mass is 10.2. The molecular formula is C20H32F3N5. The van der Waals surface area contributed by atoms with Crippen molar-refractivity contribution >= 4 is 11.6 Å². The maximum Gasteiger partial charge on any atom is 0.403 e. The van der Waals surface area contributed by atoms with Gasteiger partial charge in [-0.15, -0.1) is 0 Å². The van der Waals surface area contributed by atoms with Crippen molar-refractivity contribution in [2.45, 2.75) is 32.0 Å². The first-order chi connectivity index (χ1) is 13.3. The summed E-state index contributed by atoms with van der Waals surface area (Å²) >= 11 is 0. The number of unbranched alkanes of at least 4 members (excludes halogenated alkanes) is 1. The maximum absolute atomic E-state index is 12.9. The predicted molar refractivity (Wildman–Crippen MR) is 109 cm³/mol. The van der Waals surface area contributed by atoms with Crippen LogP contribution >= 0.6 is 0 Å². The van der Waals surface area contributed by atoms with Crippen LogP contribution in [0.4, 0.5) is 18.9 Å². The number of rotatable bonds is 7. The van der Waals surface area contributed by atoms with Crippen molar-refractivity contribution in [3.63, 3.8) is 0 Å². The number of aliphatic imine (C=N–C) groups is 1. The molecule has 1 heterocycles. The summed E-state index contributed by atoms with van der Waals surface area (Å²) in [7, 11) is 3.80. The van der Waals surface area contributed by atoms with Crippen LogP contribution in [0.5, 0.6) is 0 Å². The molecule has 2 rings (SSSR count). The van der Waals surface area contributed by atoms with E-state index >= 15 is 0 Å². The number of piperazine rings is 1. The molecule has 1 fully saturated rings. The van der Waals surface area contributed by atoms with Crippen molar-refractivity contribution in [1.29, 1.82) is 0 Å². The number of hydrogen-bond acceptors (Lipinski definition) is 3. The molecule has 28 heavy (non-hydrogen) atoms. The molecule has 1 aromatic carbocycles. The zero-order valence-electron chi connectivity index (χ0n) is 17.0. The molecule has 5 nitrogen and oxygen atoms in total. The molecule has 1 atom stereocenters. The Morgan fingerprint density at radius 3 is 2.36 bits per heavy atom. The summed E-state index contributed by atoms with van der Waals surface area (Å²) in [4.78, 5) is 10.0. The van der Waals surface area contributed by atoms with E-state index in [0.717, 1.165) is 31.9 Å². The third-order valence-electron chi connectivity index (χ3n) is 5.25. The van der Waals surface area contributed by atoms with Gasteiger partial charge in [0.2, 0.25) is 0 Å². The first-order valence-corrected chi connectivity index (χ1v) is 9.85. The molecule has 1 aromatic rings. The van der Waals surface area contributed by atoms with Crippen LogP contribution in [0.2, 0.25) is 0 Å². The number of anilines is 1. The van der Waals surface area contributed by atoms with Gasteiger partial charge in [0.15, 0.2) is 5.96 Å². The first-order valence-electron chi connectivity index (χ1n) is 9.85. The Balaban J connectivity index is 1.67. The van der Waals surface area contributed by atoms with Crippen LogP contribution in [-0.2, 0) is 0 Å². The fourth-order valence-electron chi connectivity index (χ4n) is 3.35. The van der Waals surface area contributed by atoms with Gasteiger partial charge in [-0.2, -0.15) is 13.2 Å². The summed E-state index contributed by atoms with van der Waals surface area (Å²) in [5, 5.41) is 3.34. The number of nitrogens with one attached hydrogen (secondary N) is 1. The second-order valence-electron chi connectivity index (χ2n) is 7.18. The number of benzene rings is 1. The van der Waals surface area contributed by atoms with Crippen LogP contribution in [0, 0.1) is 0 Å². The molecule has 0 radical (unpaired) electrons. The van der Waals surface area contributed by atoms with Gasteiger partial charge in [-0.05, 0) is 31.9 Å². The fourth-order valence-corrected chi connectivity index (χ4v) is 3.35. The van der Waals surface area contributed by atoms with Crippen LogP contribution in [0.15, 0.2) is 35.3 Å². The summed E-state index contributed by atoms with van der Waals surface area (Å²) in [6, 6.07) is 8.88. The normalized spacial score (nSPS) is 17.5. The van der Waals surface area contributed by atoms with E-state index in [1.165, 1.54) is 17.5 Å². The van der Waals surface area contributed by atoms with E-state index in [1.807, 2.05) is 23.1 Å². The molecule has 1 aliphatic rings. The summed E-state index contributed by atoms with van der Waals surface area (Å²) in [6.07, 6.45) is -2.12. The Kier molecular flexibility index (Phi) is 8.41. The molecule has 0 amide bonds. The number of hydrogen-bond donors (Lipinski definition) is 1. The number of para-hydroxylation sites is 1. The van der Waals surface area contributed by atoms with E-state index < -0.39 is 12.2 Å². The summed E-state index contributed by atoms with van der Waals surface area (Å²) in [6.45, 7) is 4.89. The van der Waals surface area contributed by atoms with Crippen molar-refractivity contribution in [3.05, 3.63) is 30.3 Å². The topological polar surface area (TPSA) is 34.1 Å². The van der Waals surface area contributed by atoms with Gasteiger partial charge >= 0.3 is 6.18 Å². The molecule has 0 bridgehead atoms. The predicted octanol–water partition coefficient (Wildman–Crippen LogP) is 3.05. The molecule has 1 N–H and O–H groups in total. The number of halogens is 3. The fraction of sp³-hybridized carbons (Fsp3) is 0.650. The number of guanidine groups is 1. The molecule has 0 aliphatic carbocycles. The lowest BCUT2D eigenvalue weighted by molar-refractivity contribution is -0.181. The molecule has 0 saturated carbocycles. The molecular weight excluding hydrogens is 367 g/mol. The van der Waals surface area contributed by atoms with Crippen molar-refractivity contribution < 1.29 is 13.2 Å². The van der Waals surface area contributed by atoms with Gasteiger partial charge in [-0.3, -0.25) is 9.89 Å². The lowest BCUT2D eigenvalue weighted by Crippen LogP contribution is -2.56. The lowest BCUT2D eigenvalue weighted by Gasteiger charge is -2.39. The van der Waals surface area contributed by atoms with Gasteiger partial charge in [-0.1, -0.05) is 18.2 Å². The summed E-state index contributed by atoms with van der Waals surface area (Å²) < 4.78 is 38.6. The van der Waals surface area contributed by atoms with Crippen LogP contribution in [0.3, 0.4) is 0 Å². The SMILES string of the molecule is CN=C(NCCCCN(C)c1ccccc1)N1CCN(C(C)C(F)(F)F)CC1. The molecule has 158 valence electrons. The van der Waals surface area contributed by atoms with E-state index in [-0.39, 0.29) is 0 Å². The molecule has 0 spiro atoms. The Morgan fingerprint density at radius 2 is 1.79 bits per heavy atom. The number of alkyl halides is 3. The third kappa shape index (κ3) is 6.58. The zero-order chi connectivity index (χ0) is 20.6. The van der Waals surface area contributed by atoms with Crippen molar-refractivity contribution in [2.24, 2.45) is 4.99 Å². The maximum atomic E-state index is 12.9. The summed E-state index contributed by atoms with van der Waals surface area (Å²) in [5.74, 6) is 0.774. The van der Waals surface area contributed by atoms with Crippen LogP contribution in [0.25, 0.3) is 0 Å². The van der Waals surface area contributed by atoms with E-state index in [9.17, 15) is 13.2 Å². The summed E-state index contributed by atoms with van der Waals surface area (Å²) in [5.41, 5.74) is 1.21. The average Bonchev–Trinajstić information content (AvgIpc) is 2.70. The molecule has 1 saturated heterocycles. The minimum absolute atomic E-state index is 0.392. The highest BCUT2D eigenvalue weighted by molar-refractivity contribution is 5.79. The van der Waals surface area contributed by atoms with E-state index in [2.05, 4.69) is 34.4 Å². The standard InChI is InChI=1S/C20H32F3N5/c1-17(20(21,22)23)27-13-15-28(16-14-27)19(24-2)25-11-7-8-12-26(3)18-9-5-4-6-10-18/h4-6,9-10,17H,7-8,11-16H2,1-3H3,(H,24,25). The van der Waals surface area contributed by atoms with E-state index in [0.29, 0.717) is 26.2 Å². The van der Waals surface area contributed by atoms with Crippen molar-refractivity contribution in [1.82, 2.24) is 15.1 Å². The minimum Gasteiger partial charge on any atom is -0.375 e. The second kappa shape index (κ2) is 10.5. The van der Waals surface area contributed by atoms with Crippen molar-refractivity contribution in [2.75, 3.05) is 58.3 Å². The molecule has 0 aromatic heterocycles. The Morgan fingerprint density at radius 1 is 1.14 bits per heavy atom. The van der Waals surface area contributed by atoms with Crippen LogP contribution in [0.1, 0.15) is 19.8 Å². The highest BCUT2D eigenvalue weighted by Gasteiger charge is 2.41. The van der Waals surface area contributed by atoms with Gasteiger partial charge in [0.05, 0.1) is 0 Å². The quantitative estimate of drug-likeness (QED) is 0.434. The van der Waals surface area contributed by atoms with Crippen molar-refractivity contribution in [3.8, 4) is 0 Å². The highest BCUT2D eigenvalue weighted by Crippen LogP contribution is 2.25. The first kappa shape index (κ1) is 22.3. The van der Waals surface area contributed by atoms with Crippen LogP contribution < -0.4 is 10.2 Å². The van der Waals surface area contributed by atoms with Gasteiger partial charge in [-0.25, -0.2) is 0 Å². The monoisotopic (exact) mass is 399 g/mol. The smallest absolute Gasteiger partial charge is 0.375 e. The number of nitrogens with zero attached hydrogens (tertiary/aromatic N) is 4. The van der Waals surface area contributed by atoms with Gasteiger partial charge in [0.1, 0.15) is 6.04 Å². The van der Waals surface area contributed by atoms with Gasteiger partial charge in [0, 0.05) is 59.1 Å². The largest absolute Gasteiger partial charge is 0.403 e. The third-order valence-corrected chi connectivity index (χ3v) is 5.25. The van der Waals surface area contributed by atoms with Gasteiger partial charge < -0.3 is 15.1 Å². The van der Waals surface area contributed by atoms with E-state index in [1.54, 1.807) is 7.05 Å². The van der Waals surface area contributed by atoms with Gasteiger partial charge in [0.25, 0.3) is 0 Å². The Bertz CT molecular complexity index is 598.